The van der Waals surface area contributed by atoms with Crippen molar-refractivity contribution < 1.29 is 18.4 Å². The Hall–Kier alpha value is -3.49. The van der Waals surface area contributed by atoms with Crippen LogP contribution in [0.15, 0.2) is 53.6 Å². The standard InChI is InChI=1S/C25H27F2N5O2/c26-19-11-10-17(14-20(19)27)28-23(33)13-12-22-29-30-25-31(15-16-6-2-1-3-7-16)24(34)18-8-4-5-9-21(18)32(22)25/h1-3,6-7,10-11,14,18,21,25,30H,4-5,8-9,12-13,15H2,(H,28,33). The quantitative estimate of drug-likeness (QED) is 0.678. The number of amidine groups is 1. The van der Waals surface area contributed by atoms with E-state index in [0.717, 1.165) is 49.2 Å². The number of carbonyl (C=O) groups is 2. The largest absolute Gasteiger partial charge is 0.326 e. The summed E-state index contributed by atoms with van der Waals surface area (Å²) in [6.45, 7) is 0.483. The Kier molecular flexibility index (Phi) is 6.17. The van der Waals surface area contributed by atoms with Crippen LogP contribution in [0, 0.1) is 17.6 Å². The van der Waals surface area contributed by atoms with E-state index in [-0.39, 0.29) is 42.2 Å². The number of hydrazone groups is 1. The summed E-state index contributed by atoms with van der Waals surface area (Å²) in [4.78, 5) is 29.9. The van der Waals surface area contributed by atoms with E-state index in [4.69, 9.17) is 0 Å². The molecule has 3 aliphatic rings. The highest BCUT2D eigenvalue weighted by molar-refractivity contribution is 5.95. The molecule has 2 amide bonds. The van der Waals surface area contributed by atoms with Gasteiger partial charge < -0.3 is 10.2 Å². The zero-order valence-electron chi connectivity index (χ0n) is 18.7. The molecule has 0 aromatic heterocycles. The summed E-state index contributed by atoms with van der Waals surface area (Å²) in [6.07, 6.45) is 3.97. The minimum atomic E-state index is -1.01. The van der Waals surface area contributed by atoms with Crippen LogP contribution >= 0.6 is 0 Å². The summed E-state index contributed by atoms with van der Waals surface area (Å²) in [5, 5.41) is 7.12. The minimum Gasteiger partial charge on any atom is -0.326 e. The molecule has 0 spiro atoms. The Morgan fingerprint density at radius 3 is 2.68 bits per heavy atom. The van der Waals surface area contributed by atoms with E-state index >= 15 is 0 Å². The molecule has 34 heavy (non-hydrogen) atoms. The molecule has 178 valence electrons. The van der Waals surface area contributed by atoms with Gasteiger partial charge in [0.2, 0.25) is 11.8 Å². The van der Waals surface area contributed by atoms with E-state index in [1.54, 1.807) is 0 Å². The molecule has 2 aliphatic heterocycles. The second-order valence-electron chi connectivity index (χ2n) is 9.03. The SMILES string of the molecule is O=C(CCC1=NNC2N(Cc3ccccc3)C(=O)C3CCCCC3N12)Nc1ccc(F)c(F)c1. The summed E-state index contributed by atoms with van der Waals surface area (Å²) in [6, 6.07) is 13.2. The first-order valence-corrected chi connectivity index (χ1v) is 11.7. The maximum atomic E-state index is 13.4. The molecule has 3 atom stereocenters. The maximum absolute atomic E-state index is 13.4. The summed E-state index contributed by atoms with van der Waals surface area (Å²) in [5.41, 5.74) is 4.38. The fourth-order valence-corrected chi connectivity index (χ4v) is 5.20. The molecule has 1 saturated heterocycles. The number of nitrogens with one attached hydrogen (secondary N) is 2. The third kappa shape index (κ3) is 4.34. The summed E-state index contributed by atoms with van der Waals surface area (Å²) >= 11 is 0. The number of halogens is 2. The lowest BCUT2D eigenvalue weighted by Gasteiger charge is -2.50. The van der Waals surface area contributed by atoms with E-state index in [1.165, 1.54) is 6.07 Å². The number of anilines is 1. The number of amides is 2. The van der Waals surface area contributed by atoms with Gasteiger partial charge in [0.05, 0.1) is 5.92 Å². The number of hydrogen-bond donors (Lipinski definition) is 2. The van der Waals surface area contributed by atoms with Crippen LogP contribution in [0.25, 0.3) is 0 Å². The van der Waals surface area contributed by atoms with Gasteiger partial charge in [-0.15, -0.1) is 0 Å². The van der Waals surface area contributed by atoms with Gasteiger partial charge in [0, 0.05) is 37.2 Å². The Bertz CT molecular complexity index is 1110. The van der Waals surface area contributed by atoms with Gasteiger partial charge in [-0.2, -0.15) is 5.10 Å². The van der Waals surface area contributed by atoms with Gasteiger partial charge in [0.25, 0.3) is 0 Å². The summed E-state index contributed by atoms with van der Waals surface area (Å²) in [5.74, 6) is -1.48. The molecule has 2 N–H and O–H groups in total. The van der Waals surface area contributed by atoms with E-state index in [2.05, 4.69) is 20.7 Å². The van der Waals surface area contributed by atoms with Crippen LogP contribution in [0.5, 0.6) is 0 Å². The van der Waals surface area contributed by atoms with Crippen molar-refractivity contribution in [1.82, 2.24) is 15.2 Å². The molecule has 7 nitrogen and oxygen atoms in total. The fraction of sp³-hybridized carbons (Fsp3) is 0.400. The van der Waals surface area contributed by atoms with Crippen LogP contribution < -0.4 is 10.7 Å². The highest BCUT2D eigenvalue weighted by Crippen LogP contribution is 2.38. The van der Waals surface area contributed by atoms with Crippen LogP contribution in [0.3, 0.4) is 0 Å². The fourth-order valence-electron chi connectivity index (χ4n) is 5.20. The van der Waals surface area contributed by atoms with Gasteiger partial charge in [0.1, 0.15) is 5.84 Å². The van der Waals surface area contributed by atoms with Gasteiger partial charge in [-0.1, -0.05) is 43.2 Å². The van der Waals surface area contributed by atoms with E-state index in [0.29, 0.717) is 13.0 Å². The number of carbonyl (C=O) groups excluding carboxylic acids is 2. The van der Waals surface area contributed by atoms with Crippen molar-refractivity contribution in [1.29, 1.82) is 0 Å². The summed E-state index contributed by atoms with van der Waals surface area (Å²) < 4.78 is 26.6. The molecule has 0 radical (unpaired) electrons. The third-order valence-electron chi connectivity index (χ3n) is 6.83. The Morgan fingerprint density at radius 2 is 1.88 bits per heavy atom. The zero-order chi connectivity index (χ0) is 23.7. The predicted molar refractivity (Wildman–Crippen MR) is 123 cm³/mol. The molecule has 1 aliphatic carbocycles. The van der Waals surface area contributed by atoms with Crippen molar-refractivity contribution in [2.75, 3.05) is 5.32 Å². The molecule has 2 aromatic carbocycles. The van der Waals surface area contributed by atoms with E-state index < -0.39 is 11.6 Å². The molecular formula is C25H27F2N5O2. The van der Waals surface area contributed by atoms with Crippen molar-refractivity contribution in [3.63, 3.8) is 0 Å². The lowest BCUT2D eigenvalue weighted by atomic mass is 9.80. The first-order valence-electron chi connectivity index (χ1n) is 11.7. The Labute approximate surface area is 196 Å². The molecule has 3 unspecified atom stereocenters. The van der Waals surface area contributed by atoms with Gasteiger partial charge >= 0.3 is 0 Å². The van der Waals surface area contributed by atoms with Crippen LogP contribution in [0.4, 0.5) is 14.5 Å². The number of hydrogen-bond acceptors (Lipinski definition) is 5. The van der Waals surface area contributed by atoms with Crippen molar-refractivity contribution in [2.24, 2.45) is 11.0 Å². The smallest absolute Gasteiger partial charge is 0.231 e. The van der Waals surface area contributed by atoms with E-state index in [1.807, 2.05) is 35.2 Å². The van der Waals surface area contributed by atoms with Gasteiger partial charge in [-0.05, 0) is 30.5 Å². The number of rotatable bonds is 6. The molecule has 1 saturated carbocycles. The average molecular weight is 468 g/mol. The average Bonchev–Trinajstić information content (AvgIpc) is 3.27. The first kappa shape index (κ1) is 22.3. The van der Waals surface area contributed by atoms with Crippen molar-refractivity contribution >= 4 is 23.3 Å². The third-order valence-corrected chi connectivity index (χ3v) is 6.83. The molecule has 2 heterocycles. The maximum Gasteiger partial charge on any atom is 0.231 e. The number of benzene rings is 2. The summed E-state index contributed by atoms with van der Waals surface area (Å²) in [7, 11) is 0. The second kappa shape index (κ2) is 9.40. The van der Waals surface area contributed by atoms with Crippen molar-refractivity contribution in [3.05, 3.63) is 65.7 Å². The molecular weight excluding hydrogens is 440 g/mol. The van der Waals surface area contributed by atoms with Crippen LogP contribution in [-0.4, -0.2) is 39.8 Å². The van der Waals surface area contributed by atoms with Crippen LogP contribution in [0.2, 0.25) is 0 Å². The molecule has 2 fully saturated rings. The predicted octanol–water partition coefficient (Wildman–Crippen LogP) is 3.79. The van der Waals surface area contributed by atoms with Gasteiger partial charge in [0.15, 0.2) is 17.9 Å². The normalized spacial score (nSPS) is 23.6. The highest BCUT2D eigenvalue weighted by atomic mass is 19.2. The first-order chi connectivity index (χ1) is 16.5. The highest BCUT2D eigenvalue weighted by Gasteiger charge is 2.50. The van der Waals surface area contributed by atoms with Crippen molar-refractivity contribution in [3.8, 4) is 0 Å². The lowest BCUT2D eigenvalue weighted by Crippen LogP contribution is -2.67. The molecule has 2 aromatic rings. The van der Waals surface area contributed by atoms with E-state index in [9.17, 15) is 18.4 Å². The minimum absolute atomic E-state index is 0.0567. The topological polar surface area (TPSA) is 77.0 Å². The van der Waals surface area contributed by atoms with Crippen LogP contribution in [0.1, 0.15) is 44.1 Å². The Balaban J connectivity index is 1.29. The molecule has 9 heteroatoms. The molecule has 5 rings (SSSR count). The Morgan fingerprint density at radius 1 is 1.09 bits per heavy atom. The second-order valence-corrected chi connectivity index (χ2v) is 9.03. The monoisotopic (exact) mass is 467 g/mol. The lowest BCUT2D eigenvalue weighted by molar-refractivity contribution is -0.156. The van der Waals surface area contributed by atoms with Gasteiger partial charge in [-0.3, -0.25) is 19.9 Å². The van der Waals surface area contributed by atoms with Crippen LogP contribution in [-0.2, 0) is 16.1 Å². The van der Waals surface area contributed by atoms with Crippen molar-refractivity contribution in [2.45, 2.75) is 57.4 Å². The van der Waals surface area contributed by atoms with Gasteiger partial charge in [-0.25, -0.2) is 8.78 Å². The zero-order valence-corrected chi connectivity index (χ0v) is 18.7. The molecule has 0 bridgehead atoms. The number of fused-ring (bicyclic) bond motifs is 3. The number of nitrogens with zero attached hydrogens (tertiary/aromatic N) is 3.